The van der Waals surface area contributed by atoms with E-state index in [1.807, 2.05) is 19.1 Å². The fraction of sp³-hybridized carbons (Fsp3) is 0.625. The molecule has 0 aliphatic carbocycles. The van der Waals surface area contributed by atoms with Gasteiger partial charge in [0.1, 0.15) is 11.4 Å². The topological polar surface area (TPSA) is 55.4 Å². The van der Waals surface area contributed by atoms with E-state index in [4.69, 9.17) is 4.74 Å². The molecule has 118 valence electrons. The average Bonchev–Trinajstić information content (AvgIpc) is 2.66. The van der Waals surface area contributed by atoms with Crippen molar-refractivity contribution in [3.8, 4) is 5.75 Å². The van der Waals surface area contributed by atoms with E-state index in [1.54, 1.807) is 6.92 Å². The monoisotopic (exact) mass is 311 g/mol. The summed E-state index contributed by atoms with van der Waals surface area (Å²) in [6.45, 7) is 8.60. The summed E-state index contributed by atoms with van der Waals surface area (Å²) in [7, 11) is -3.10. The zero-order chi connectivity index (χ0) is 15.8. The maximum atomic E-state index is 11.9. The molecule has 0 radical (unpaired) electrons. The molecule has 0 bridgehead atoms. The Morgan fingerprint density at radius 1 is 1.38 bits per heavy atom. The third kappa shape index (κ3) is 3.58. The number of hydrogen-bond donors (Lipinski definition) is 1. The van der Waals surface area contributed by atoms with Crippen molar-refractivity contribution in [2.75, 3.05) is 12.8 Å². The van der Waals surface area contributed by atoms with Crippen molar-refractivity contribution in [1.82, 2.24) is 5.32 Å². The predicted molar refractivity (Wildman–Crippen MR) is 85.6 cm³/mol. The molecule has 0 amide bonds. The van der Waals surface area contributed by atoms with Gasteiger partial charge in [0.15, 0.2) is 9.84 Å². The number of benzene rings is 1. The smallest absolute Gasteiger partial charge is 0.151 e. The van der Waals surface area contributed by atoms with E-state index < -0.39 is 15.1 Å². The van der Waals surface area contributed by atoms with Crippen LogP contribution in [-0.4, -0.2) is 32.1 Å². The van der Waals surface area contributed by atoms with E-state index in [0.29, 0.717) is 0 Å². The molecule has 0 fully saturated rings. The van der Waals surface area contributed by atoms with E-state index >= 15 is 0 Å². The van der Waals surface area contributed by atoms with Crippen LogP contribution in [0, 0.1) is 0 Å². The Morgan fingerprint density at radius 2 is 2.05 bits per heavy atom. The molecule has 1 aromatic carbocycles. The van der Waals surface area contributed by atoms with Gasteiger partial charge in [-0.2, -0.15) is 0 Å². The summed E-state index contributed by atoms with van der Waals surface area (Å²) in [5.74, 6) is 0.908. The van der Waals surface area contributed by atoms with Crippen molar-refractivity contribution >= 4 is 9.84 Å². The SMILES string of the molecule is CCNC(c1ccc2c(c1)CC(C)(C)O2)C(C)S(C)(=O)=O. The van der Waals surface area contributed by atoms with Gasteiger partial charge < -0.3 is 10.1 Å². The average molecular weight is 311 g/mol. The van der Waals surface area contributed by atoms with E-state index in [2.05, 4.69) is 25.2 Å². The minimum atomic E-state index is -3.10. The summed E-state index contributed by atoms with van der Waals surface area (Å²) < 4.78 is 29.7. The van der Waals surface area contributed by atoms with Crippen molar-refractivity contribution in [2.45, 2.75) is 51.0 Å². The molecule has 1 aromatic rings. The molecular weight excluding hydrogens is 286 g/mol. The number of fused-ring (bicyclic) bond motifs is 1. The first-order valence-electron chi connectivity index (χ1n) is 7.38. The lowest BCUT2D eigenvalue weighted by atomic mass is 9.97. The molecule has 1 aliphatic rings. The van der Waals surface area contributed by atoms with Crippen molar-refractivity contribution < 1.29 is 13.2 Å². The highest BCUT2D eigenvalue weighted by Crippen LogP contribution is 2.37. The Labute approximate surface area is 127 Å². The summed E-state index contributed by atoms with van der Waals surface area (Å²) >= 11 is 0. The molecule has 21 heavy (non-hydrogen) atoms. The zero-order valence-corrected chi connectivity index (χ0v) is 14.3. The lowest BCUT2D eigenvalue weighted by Gasteiger charge is -2.24. The van der Waals surface area contributed by atoms with Gasteiger partial charge in [0.25, 0.3) is 0 Å². The molecule has 5 heteroatoms. The van der Waals surface area contributed by atoms with Gasteiger partial charge in [-0.25, -0.2) is 8.42 Å². The third-order valence-electron chi connectivity index (χ3n) is 4.01. The summed E-state index contributed by atoms with van der Waals surface area (Å²) in [5.41, 5.74) is 1.98. The van der Waals surface area contributed by atoms with Crippen LogP contribution in [0.1, 0.15) is 44.9 Å². The van der Waals surface area contributed by atoms with Gasteiger partial charge >= 0.3 is 0 Å². The van der Waals surface area contributed by atoms with Crippen LogP contribution in [0.25, 0.3) is 0 Å². The maximum absolute atomic E-state index is 11.9. The minimum Gasteiger partial charge on any atom is -0.487 e. The van der Waals surface area contributed by atoms with Gasteiger partial charge in [0, 0.05) is 18.7 Å². The minimum absolute atomic E-state index is 0.183. The van der Waals surface area contributed by atoms with E-state index in [9.17, 15) is 8.42 Å². The standard InChI is InChI=1S/C16H25NO3S/c1-6-17-15(11(2)21(5,18)19)12-7-8-14-13(9-12)10-16(3,4)20-14/h7-9,11,15,17H,6,10H2,1-5H3. The van der Waals surface area contributed by atoms with Crippen LogP contribution in [0.3, 0.4) is 0 Å². The highest BCUT2D eigenvalue weighted by molar-refractivity contribution is 7.91. The highest BCUT2D eigenvalue weighted by Gasteiger charge is 2.32. The van der Waals surface area contributed by atoms with Crippen LogP contribution in [0.5, 0.6) is 5.75 Å². The Bertz CT molecular complexity index is 622. The van der Waals surface area contributed by atoms with Crippen LogP contribution in [0.2, 0.25) is 0 Å². The molecule has 2 rings (SSSR count). The van der Waals surface area contributed by atoms with E-state index in [0.717, 1.165) is 29.8 Å². The number of rotatable bonds is 5. The van der Waals surface area contributed by atoms with Gasteiger partial charge in [0.2, 0.25) is 0 Å². The van der Waals surface area contributed by atoms with E-state index in [-0.39, 0.29) is 11.6 Å². The van der Waals surface area contributed by atoms with Crippen LogP contribution in [0.15, 0.2) is 18.2 Å². The molecular formula is C16H25NO3S. The van der Waals surface area contributed by atoms with Crippen LogP contribution in [0.4, 0.5) is 0 Å². The van der Waals surface area contributed by atoms with Crippen molar-refractivity contribution in [1.29, 1.82) is 0 Å². The predicted octanol–water partition coefficient (Wildman–Crippen LogP) is 2.48. The second kappa shape index (κ2) is 5.61. The van der Waals surface area contributed by atoms with Gasteiger partial charge in [-0.15, -0.1) is 0 Å². The van der Waals surface area contributed by atoms with Crippen molar-refractivity contribution in [2.24, 2.45) is 0 Å². The molecule has 1 aliphatic heterocycles. The van der Waals surface area contributed by atoms with Gasteiger partial charge in [-0.3, -0.25) is 0 Å². The lowest BCUT2D eigenvalue weighted by Crippen LogP contribution is -2.35. The second-order valence-corrected chi connectivity index (χ2v) is 8.88. The molecule has 0 spiro atoms. The third-order valence-corrected chi connectivity index (χ3v) is 5.64. The first-order chi connectivity index (χ1) is 9.64. The molecule has 0 aromatic heterocycles. The molecule has 0 saturated heterocycles. The fourth-order valence-corrected chi connectivity index (χ4v) is 3.59. The van der Waals surface area contributed by atoms with Gasteiger partial charge in [-0.1, -0.05) is 19.1 Å². The van der Waals surface area contributed by atoms with Gasteiger partial charge in [-0.05, 0) is 44.5 Å². The molecule has 1 N–H and O–H groups in total. The maximum Gasteiger partial charge on any atom is 0.151 e. The molecule has 4 nitrogen and oxygen atoms in total. The molecule has 1 heterocycles. The number of ether oxygens (including phenoxy) is 1. The quantitative estimate of drug-likeness (QED) is 0.907. The Morgan fingerprint density at radius 3 is 2.62 bits per heavy atom. The Hall–Kier alpha value is -1.07. The van der Waals surface area contributed by atoms with Crippen LogP contribution >= 0.6 is 0 Å². The second-order valence-electron chi connectivity index (χ2n) is 6.48. The zero-order valence-electron chi connectivity index (χ0n) is 13.4. The summed E-state index contributed by atoms with van der Waals surface area (Å²) in [5, 5.41) is 2.83. The van der Waals surface area contributed by atoms with Crippen LogP contribution in [-0.2, 0) is 16.3 Å². The summed E-state index contributed by atoms with van der Waals surface area (Å²) in [6, 6.07) is 5.81. The van der Waals surface area contributed by atoms with E-state index in [1.165, 1.54) is 6.26 Å². The summed E-state index contributed by atoms with van der Waals surface area (Å²) in [6.07, 6.45) is 2.14. The first kappa shape index (κ1) is 16.3. The highest BCUT2D eigenvalue weighted by atomic mass is 32.2. The normalized spacial score (nSPS) is 19.7. The number of sulfone groups is 1. The molecule has 0 saturated carbocycles. The molecule has 2 atom stereocenters. The van der Waals surface area contributed by atoms with Crippen LogP contribution < -0.4 is 10.1 Å². The lowest BCUT2D eigenvalue weighted by molar-refractivity contribution is 0.138. The van der Waals surface area contributed by atoms with Gasteiger partial charge in [0.05, 0.1) is 5.25 Å². The Kier molecular flexibility index (Phi) is 4.36. The molecule has 2 unspecified atom stereocenters. The Balaban J connectivity index is 2.35. The largest absolute Gasteiger partial charge is 0.487 e. The number of nitrogens with one attached hydrogen (secondary N) is 1. The number of hydrogen-bond acceptors (Lipinski definition) is 4. The first-order valence-corrected chi connectivity index (χ1v) is 9.33. The van der Waals surface area contributed by atoms with Crippen molar-refractivity contribution in [3.05, 3.63) is 29.3 Å². The van der Waals surface area contributed by atoms with Crippen molar-refractivity contribution in [3.63, 3.8) is 0 Å². The summed E-state index contributed by atoms with van der Waals surface area (Å²) in [4.78, 5) is 0. The fourth-order valence-electron chi connectivity index (χ4n) is 2.84.